The number of unbranched alkanes of at least 4 members (excludes halogenated alkanes) is 1. The van der Waals surface area contributed by atoms with Crippen LogP contribution in [0, 0.1) is 0 Å². The summed E-state index contributed by atoms with van der Waals surface area (Å²) in [4.78, 5) is 17.0. The summed E-state index contributed by atoms with van der Waals surface area (Å²) in [6.45, 7) is 1.71. The van der Waals surface area contributed by atoms with Gasteiger partial charge in [-0.3, -0.25) is 4.79 Å². The number of hydrogen-bond donors (Lipinski definition) is 1. The Hall–Kier alpha value is -3.51. The Labute approximate surface area is 198 Å². The van der Waals surface area contributed by atoms with Gasteiger partial charge in [0.15, 0.2) is 6.61 Å². The molecular weight excluding hydrogens is 438 g/mol. The highest BCUT2D eigenvalue weighted by Crippen LogP contribution is 2.18. The third kappa shape index (κ3) is 6.49. The molecule has 0 radical (unpaired) electrons. The number of ether oxygens (including phenoxy) is 2. The average molecular weight is 464 g/mol. The number of aromatic nitrogens is 2. The fourth-order valence-corrected chi connectivity index (χ4v) is 3.62. The molecule has 1 aromatic heterocycles. The molecule has 6 nitrogen and oxygen atoms in total. The number of nitrogens with zero attached hydrogens (tertiary/aromatic N) is 2. The SMILES string of the molecule is O=C(COc1ccccc1)NCc1nc2ccccc2n1CCCCOc1ccc(Cl)cc1. The van der Waals surface area contributed by atoms with Gasteiger partial charge in [0.05, 0.1) is 24.2 Å². The molecule has 0 saturated carbocycles. The van der Waals surface area contributed by atoms with Crippen molar-refractivity contribution in [2.75, 3.05) is 13.2 Å². The Morgan fingerprint density at radius 1 is 0.879 bits per heavy atom. The molecule has 0 aliphatic rings. The number of para-hydroxylation sites is 3. The van der Waals surface area contributed by atoms with Crippen LogP contribution in [-0.4, -0.2) is 28.7 Å². The second-order valence-corrected chi connectivity index (χ2v) is 7.99. The van der Waals surface area contributed by atoms with Gasteiger partial charge in [-0.1, -0.05) is 41.9 Å². The van der Waals surface area contributed by atoms with E-state index in [-0.39, 0.29) is 12.5 Å². The quantitative estimate of drug-likeness (QED) is 0.309. The molecular formula is C26H26ClN3O3. The first-order chi connectivity index (χ1) is 16.2. The predicted molar refractivity (Wildman–Crippen MR) is 130 cm³/mol. The van der Waals surface area contributed by atoms with Crippen molar-refractivity contribution >= 4 is 28.5 Å². The van der Waals surface area contributed by atoms with Gasteiger partial charge >= 0.3 is 0 Å². The summed E-state index contributed by atoms with van der Waals surface area (Å²) >= 11 is 5.91. The topological polar surface area (TPSA) is 65.4 Å². The number of hydrogen-bond acceptors (Lipinski definition) is 4. The molecule has 0 fully saturated rings. The highest BCUT2D eigenvalue weighted by molar-refractivity contribution is 6.30. The molecule has 0 aliphatic heterocycles. The van der Waals surface area contributed by atoms with E-state index in [1.807, 2.05) is 72.8 Å². The Bertz CT molecular complexity index is 1180. The number of aryl methyl sites for hydroxylation is 1. The fraction of sp³-hybridized carbons (Fsp3) is 0.231. The summed E-state index contributed by atoms with van der Waals surface area (Å²) in [5, 5.41) is 3.61. The lowest BCUT2D eigenvalue weighted by atomic mass is 10.3. The van der Waals surface area contributed by atoms with Crippen LogP contribution in [0.4, 0.5) is 0 Å². The normalized spacial score (nSPS) is 10.8. The van der Waals surface area contributed by atoms with Crippen LogP contribution >= 0.6 is 11.6 Å². The third-order valence-corrected chi connectivity index (χ3v) is 5.40. The van der Waals surface area contributed by atoms with Crippen LogP contribution in [0.15, 0.2) is 78.9 Å². The van der Waals surface area contributed by atoms with Crippen LogP contribution < -0.4 is 14.8 Å². The monoisotopic (exact) mass is 463 g/mol. The van der Waals surface area contributed by atoms with E-state index in [2.05, 4.69) is 16.0 Å². The van der Waals surface area contributed by atoms with Crippen LogP contribution in [0.3, 0.4) is 0 Å². The lowest BCUT2D eigenvalue weighted by molar-refractivity contribution is -0.123. The van der Waals surface area contributed by atoms with Gasteiger partial charge in [-0.15, -0.1) is 0 Å². The van der Waals surface area contributed by atoms with Crippen molar-refractivity contribution in [3.63, 3.8) is 0 Å². The Kier molecular flexibility index (Phi) is 7.82. The smallest absolute Gasteiger partial charge is 0.258 e. The van der Waals surface area contributed by atoms with E-state index in [1.165, 1.54) is 0 Å². The summed E-state index contributed by atoms with van der Waals surface area (Å²) in [6, 6.07) is 24.7. The van der Waals surface area contributed by atoms with Crippen LogP contribution in [0.2, 0.25) is 5.02 Å². The molecule has 0 atom stereocenters. The molecule has 33 heavy (non-hydrogen) atoms. The second-order valence-electron chi connectivity index (χ2n) is 7.56. The zero-order valence-corrected chi connectivity index (χ0v) is 19.0. The molecule has 170 valence electrons. The maximum absolute atomic E-state index is 12.3. The summed E-state index contributed by atoms with van der Waals surface area (Å²) in [5.74, 6) is 2.12. The van der Waals surface area contributed by atoms with Gasteiger partial charge in [-0.2, -0.15) is 0 Å². The van der Waals surface area contributed by atoms with Gasteiger partial charge in [0.1, 0.15) is 17.3 Å². The van der Waals surface area contributed by atoms with E-state index in [9.17, 15) is 4.79 Å². The first kappa shape index (κ1) is 22.7. The minimum Gasteiger partial charge on any atom is -0.494 e. The molecule has 0 saturated heterocycles. The Balaban J connectivity index is 1.30. The Morgan fingerprint density at radius 2 is 1.61 bits per heavy atom. The Morgan fingerprint density at radius 3 is 2.42 bits per heavy atom. The number of halogens is 1. The summed E-state index contributed by atoms with van der Waals surface area (Å²) in [5.41, 5.74) is 1.97. The van der Waals surface area contributed by atoms with Crippen LogP contribution in [-0.2, 0) is 17.9 Å². The third-order valence-electron chi connectivity index (χ3n) is 5.15. The van der Waals surface area contributed by atoms with E-state index in [1.54, 1.807) is 0 Å². The molecule has 1 N–H and O–H groups in total. The zero-order chi connectivity index (χ0) is 22.9. The van der Waals surface area contributed by atoms with Gasteiger partial charge in [-0.25, -0.2) is 4.98 Å². The molecule has 1 amide bonds. The van der Waals surface area contributed by atoms with Gasteiger partial charge in [0, 0.05) is 11.6 Å². The van der Waals surface area contributed by atoms with Gasteiger partial charge in [-0.05, 0) is 61.4 Å². The number of fused-ring (bicyclic) bond motifs is 1. The minimum absolute atomic E-state index is 0.0354. The molecule has 4 rings (SSSR count). The molecule has 0 aliphatic carbocycles. The van der Waals surface area contributed by atoms with Crippen molar-refractivity contribution in [2.24, 2.45) is 0 Å². The number of carbonyl (C=O) groups excluding carboxylic acids is 1. The van der Waals surface area contributed by atoms with Crippen molar-refractivity contribution in [3.8, 4) is 11.5 Å². The van der Waals surface area contributed by atoms with Crippen molar-refractivity contribution in [3.05, 3.63) is 89.7 Å². The maximum Gasteiger partial charge on any atom is 0.258 e. The van der Waals surface area contributed by atoms with E-state index < -0.39 is 0 Å². The maximum atomic E-state index is 12.3. The first-order valence-electron chi connectivity index (χ1n) is 11.0. The van der Waals surface area contributed by atoms with Crippen LogP contribution in [0.1, 0.15) is 18.7 Å². The largest absolute Gasteiger partial charge is 0.494 e. The van der Waals surface area contributed by atoms with Crippen molar-refractivity contribution < 1.29 is 14.3 Å². The number of rotatable bonds is 11. The second kappa shape index (κ2) is 11.4. The van der Waals surface area contributed by atoms with Crippen LogP contribution in [0.25, 0.3) is 11.0 Å². The van der Waals surface area contributed by atoms with E-state index in [0.29, 0.717) is 23.9 Å². The number of amides is 1. The van der Waals surface area contributed by atoms with Crippen LogP contribution in [0.5, 0.6) is 11.5 Å². The number of nitrogens with one attached hydrogen (secondary N) is 1. The zero-order valence-electron chi connectivity index (χ0n) is 18.2. The molecule has 0 spiro atoms. The highest BCUT2D eigenvalue weighted by atomic mass is 35.5. The van der Waals surface area contributed by atoms with Gasteiger partial charge in [0.25, 0.3) is 5.91 Å². The highest BCUT2D eigenvalue weighted by Gasteiger charge is 2.12. The average Bonchev–Trinajstić information content (AvgIpc) is 3.20. The fourth-order valence-electron chi connectivity index (χ4n) is 3.50. The van der Waals surface area contributed by atoms with E-state index in [0.717, 1.165) is 42.0 Å². The molecule has 0 unspecified atom stereocenters. The van der Waals surface area contributed by atoms with Gasteiger partial charge < -0.3 is 19.4 Å². The summed E-state index contributed by atoms with van der Waals surface area (Å²) in [7, 11) is 0. The summed E-state index contributed by atoms with van der Waals surface area (Å²) in [6.07, 6.45) is 1.82. The molecule has 4 aromatic rings. The number of carbonyl (C=O) groups is 1. The van der Waals surface area contributed by atoms with E-state index in [4.69, 9.17) is 26.1 Å². The lowest BCUT2D eigenvalue weighted by Crippen LogP contribution is -2.29. The number of benzene rings is 3. The molecule has 7 heteroatoms. The van der Waals surface area contributed by atoms with Crippen molar-refractivity contribution in [1.29, 1.82) is 0 Å². The summed E-state index contributed by atoms with van der Waals surface area (Å²) < 4.78 is 13.5. The molecule has 1 heterocycles. The van der Waals surface area contributed by atoms with Crippen molar-refractivity contribution in [1.82, 2.24) is 14.9 Å². The minimum atomic E-state index is -0.186. The number of imidazole rings is 1. The van der Waals surface area contributed by atoms with Crippen molar-refractivity contribution in [2.45, 2.75) is 25.9 Å². The van der Waals surface area contributed by atoms with Gasteiger partial charge in [0.2, 0.25) is 0 Å². The molecule has 3 aromatic carbocycles. The first-order valence-corrected chi connectivity index (χ1v) is 11.3. The standard InChI is InChI=1S/C26H26ClN3O3/c27-20-12-14-22(15-13-20)32-17-7-6-16-30-24-11-5-4-10-23(24)29-25(30)18-28-26(31)19-33-21-8-2-1-3-9-21/h1-5,8-15H,6-7,16-19H2,(H,28,31). The molecule has 0 bridgehead atoms. The lowest BCUT2D eigenvalue weighted by Gasteiger charge is -2.11. The predicted octanol–water partition coefficient (Wildman–Crippen LogP) is 5.24. The van der Waals surface area contributed by atoms with E-state index >= 15 is 0 Å².